The maximum atomic E-state index is 12.4. The number of amides is 1. The summed E-state index contributed by atoms with van der Waals surface area (Å²) >= 11 is 8.35. The lowest BCUT2D eigenvalue weighted by atomic mass is 10.1. The van der Waals surface area contributed by atoms with Crippen LogP contribution in [0.1, 0.15) is 25.6 Å². The lowest BCUT2D eigenvalue weighted by molar-refractivity contribution is 0.0697. The third-order valence-electron chi connectivity index (χ3n) is 3.28. The number of carboxylic acids is 1. The zero-order valence-electron chi connectivity index (χ0n) is 12.4. The Balaban J connectivity index is 1.93. The van der Waals surface area contributed by atoms with Crippen LogP contribution >= 0.6 is 34.3 Å². The molecule has 24 heavy (non-hydrogen) atoms. The fourth-order valence-corrected chi connectivity index (χ4v) is 4.06. The van der Waals surface area contributed by atoms with Crippen molar-refractivity contribution >= 4 is 51.3 Å². The van der Waals surface area contributed by atoms with Crippen LogP contribution in [0.4, 0.5) is 5.13 Å². The lowest BCUT2D eigenvalue weighted by Crippen LogP contribution is -2.11. The summed E-state index contributed by atoms with van der Waals surface area (Å²) in [4.78, 5) is 29.3. The van der Waals surface area contributed by atoms with Crippen LogP contribution in [-0.4, -0.2) is 22.0 Å². The van der Waals surface area contributed by atoms with Crippen molar-refractivity contribution < 1.29 is 14.7 Å². The molecule has 2 aromatic heterocycles. The number of nitrogens with one attached hydrogen (secondary N) is 1. The molecule has 0 saturated heterocycles. The Morgan fingerprint density at radius 3 is 2.62 bits per heavy atom. The summed E-state index contributed by atoms with van der Waals surface area (Å²) in [6.45, 7) is 1.82. The van der Waals surface area contributed by atoms with Crippen molar-refractivity contribution in [3.63, 3.8) is 0 Å². The molecular weight excluding hydrogens is 368 g/mol. The minimum Gasteiger partial charge on any atom is -0.478 e. The van der Waals surface area contributed by atoms with Gasteiger partial charge < -0.3 is 5.11 Å². The van der Waals surface area contributed by atoms with Gasteiger partial charge in [0.05, 0.1) is 17.3 Å². The van der Waals surface area contributed by atoms with Crippen molar-refractivity contribution in [2.24, 2.45) is 0 Å². The Morgan fingerprint density at radius 2 is 1.96 bits per heavy atom. The molecule has 0 aliphatic carbocycles. The third kappa shape index (κ3) is 3.33. The van der Waals surface area contributed by atoms with Crippen molar-refractivity contribution in [1.82, 2.24) is 4.98 Å². The summed E-state index contributed by atoms with van der Waals surface area (Å²) in [6, 6.07) is 8.43. The number of carboxylic acid groups (broad SMARTS) is 1. The van der Waals surface area contributed by atoms with Gasteiger partial charge >= 0.3 is 5.97 Å². The summed E-state index contributed by atoms with van der Waals surface area (Å²) in [5, 5.41) is 12.4. The van der Waals surface area contributed by atoms with Gasteiger partial charge in [0.1, 0.15) is 4.34 Å². The largest absolute Gasteiger partial charge is 0.478 e. The monoisotopic (exact) mass is 378 g/mol. The number of carbonyl (C=O) groups is 2. The van der Waals surface area contributed by atoms with Crippen LogP contribution in [0.5, 0.6) is 0 Å². The van der Waals surface area contributed by atoms with E-state index in [1.165, 1.54) is 28.9 Å². The molecule has 0 aliphatic rings. The first-order valence-corrected chi connectivity index (χ1v) is 8.82. The molecule has 0 bridgehead atoms. The summed E-state index contributed by atoms with van der Waals surface area (Å²) in [5.74, 6) is -1.30. The second-order valence-corrected chi connectivity index (χ2v) is 7.77. The standard InChI is InChI=1S/C16H11ClN2O3S2/c1-8-11(14(20)19-16-18-7-13(17)24-16)6-12(23-8)9-4-2-3-5-10(9)15(21)22/h2-7H,1H3,(H,21,22)(H,18,19,20). The molecule has 1 aromatic carbocycles. The molecule has 2 N–H and O–H groups in total. The zero-order chi connectivity index (χ0) is 17.3. The lowest BCUT2D eigenvalue weighted by Gasteiger charge is -2.02. The Kier molecular flexibility index (Phi) is 4.66. The number of aromatic carboxylic acids is 1. The fourth-order valence-electron chi connectivity index (χ4n) is 2.20. The molecule has 0 saturated carbocycles. The van der Waals surface area contributed by atoms with Crippen molar-refractivity contribution in [2.75, 3.05) is 5.32 Å². The second-order valence-electron chi connectivity index (χ2n) is 4.85. The van der Waals surface area contributed by atoms with Crippen molar-refractivity contribution in [3.05, 3.63) is 56.9 Å². The number of halogens is 1. The maximum Gasteiger partial charge on any atom is 0.336 e. The molecule has 0 fully saturated rings. The highest BCUT2D eigenvalue weighted by Crippen LogP contribution is 2.34. The van der Waals surface area contributed by atoms with E-state index in [0.717, 1.165) is 9.75 Å². The Morgan fingerprint density at radius 1 is 1.21 bits per heavy atom. The molecule has 3 rings (SSSR count). The summed E-state index contributed by atoms with van der Waals surface area (Å²) in [7, 11) is 0. The quantitative estimate of drug-likeness (QED) is 0.684. The number of anilines is 1. The van der Waals surface area contributed by atoms with Gasteiger partial charge in [-0.05, 0) is 19.1 Å². The topological polar surface area (TPSA) is 79.3 Å². The van der Waals surface area contributed by atoms with Gasteiger partial charge in [-0.2, -0.15) is 0 Å². The van der Waals surface area contributed by atoms with E-state index in [1.54, 1.807) is 30.3 Å². The van der Waals surface area contributed by atoms with Gasteiger partial charge in [0.2, 0.25) is 0 Å². The van der Waals surface area contributed by atoms with Gasteiger partial charge in [0.25, 0.3) is 5.91 Å². The van der Waals surface area contributed by atoms with Gasteiger partial charge in [-0.15, -0.1) is 11.3 Å². The maximum absolute atomic E-state index is 12.4. The van der Waals surface area contributed by atoms with Crippen LogP contribution in [0.3, 0.4) is 0 Å². The number of aryl methyl sites for hydroxylation is 1. The molecule has 0 spiro atoms. The van der Waals surface area contributed by atoms with Gasteiger partial charge in [-0.25, -0.2) is 9.78 Å². The Hall–Kier alpha value is -2.22. The number of carbonyl (C=O) groups excluding carboxylic acids is 1. The molecule has 122 valence electrons. The summed E-state index contributed by atoms with van der Waals surface area (Å²) < 4.78 is 0.489. The van der Waals surface area contributed by atoms with E-state index in [-0.39, 0.29) is 11.5 Å². The molecule has 0 radical (unpaired) electrons. The van der Waals surface area contributed by atoms with Crippen LogP contribution in [0.15, 0.2) is 36.5 Å². The number of nitrogens with zero attached hydrogens (tertiary/aromatic N) is 1. The molecule has 0 unspecified atom stereocenters. The molecule has 8 heteroatoms. The normalized spacial score (nSPS) is 10.6. The van der Waals surface area contributed by atoms with Crippen LogP contribution in [0.25, 0.3) is 10.4 Å². The SMILES string of the molecule is Cc1sc(-c2ccccc2C(=O)O)cc1C(=O)Nc1ncc(Cl)s1. The molecule has 5 nitrogen and oxygen atoms in total. The highest BCUT2D eigenvalue weighted by Gasteiger charge is 2.18. The average molecular weight is 379 g/mol. The minimum absolute atomic E-state index is 0.206. The second kappa shape index (κ2) is 6.72. The van der Waals surface area contributed by atoms with E-state index < -0.39 is 5.97 Å². The van der Waals surface area contributed by atoms with Crippen LogP contribution < -0.4 is 5.32 Å². The first-order chi connectivity index (χ1) is 11.5. The van der Waals surface area contributed by atoms with Gasteiger partial charge in [-0.1, -0.05) is 41.1 Å². The van der Waals surface area contributed by atoms with Crippen LogP contribution in [0, 0.1) is 6.92 Å². The van der Waals surface area contributed by atoms with E-state index in [9.17, 15) is 14.7 Å². The van der Waals surface area contributed by atoms with E-state index in [0.29, 0.717) is 20.6 Å². The molecule has 2 heterocycles. The number of benzene rings is 1. The Labute approximate surface area is 150 Å². The molecule has 1 amide bonds. The van der Waals surface area contributed by atoms with Gasteiger partial charge in [0, 0.05) is 15.3 Å². The number of hydrogen-bond acceptors (Lipinski definition) is 5. The van der Waals surface area contributed by atoms with Gasteiger partial charge in [-0.3, -0.25) is 10.1 Å². The number of hydrogen-bond donors (Lipinski definition) is 2. The molecule has 0 atom stereocenters. The predicted octanol–water partition coefficient (Wildman–Crippen LogP) is 4.78. The fraction of sp³-hybridized carbons (Fsp3) is 0.0625. The number of thiophene rings is 1. The van der Waals surface area contributed by atoms with Crippen molar-refractivity contribution in [1.29, 1.82) is 0 Å². The minimum atomic E-state index is -1.000. The van der Waals surface area contributed by atoms with E-state index in [2.05, 4.69) is 10.3 Å². The van der Waals surface area contributed by atoms with Crippen LogP contribution in [0.2, 0.25) is 4.34 Å². The zero-order valence-corrected chi connectivity index (χ0v) is 14.8. The number of aromatic nitrogens is 1. The van der Waals surface area contributed by atoms with Crippen molar-refractivity contribution in [2.45, 2.75) is 6.92 Å². The third-order valence-corrected chi connectivity index (χ3v) is 5.40. The smallest absolute Gasteiger partial charge is 0.336 e. The van der Waals surface area contributed by atoms with E-state index >= 15 is 0 Å². The Bertz CT molecular complexity index is 933. The van der Waals surface area contributed by atoms with Crippen LogP contribution in [-0.2, 0) is 0 Å². The highest BCUT2D eigenvalue weighted by atomic mass is 35.5. The summed E-state index contributed by atoms with van der Waals surface area (Å²) in [6.07, 6.45) is 1.47. The average Bonchev–Trinajstić information content (AvgIpc) is 3.13. The van der Waals surface area contributed by atoms with Crippen molar-refractivity contribution in [3.8, 4) is 10.4 Å². The predicted molar refractivity (Wildman–Crippen MR) is 96.5 cm³/mol. The van der Waals surface area contributed by atoms with E-state index in [1.807, 2.05) is 6.92 Å². The van der Waals surface area contributed by atoms with E-state index in [4.69, 9.17) is 11.6 Å². The highest BCUT2D eigenvalue weighted by molar-refractivity contribution is 7.19. The number of rotatable bonds is 4. The first-order valence-electron chi connectivity index (χ1n) is 6.81. The van der Waals surface area contributed by atoms with Gasteiger partial charge in [0.15, 0.2) is 5.13 Å². The first kappa shape index (κ1) is 16.6. The number of thiazole rings is 1. The molecular formula is C16H11ClN2O3S2. The molecule has 3 aromatic rings. The summed E-state index contributed by atoms with van der Waals surface area (Å²) in [5.41, 5.74) is 1.29. The molecule has 0 aliphatic heterocycles.